The molecule has 0 saturated heterocycles. The van der Waals surface area contributed by atoms with Gasteiger partial charge in [-0.1, -0.05) is 19.4 Å². The quantitative estimate of drug-likeness (QED) is 0.820. The smallest absolute Gasteiger partial charge is 0.248 e. The van der Waals surface area contributed by atoms with E-state index >= 15 is 0 Å². The topological polar surface area (TPSA) is 72.2 Å². The average molecular weight is 234 g/mol. The van der Waals surface area contributed by atoms with E-state index in [1.807, 2.05) is 13.8 Å². The van der Waals surface area contributed by atoms with Gasteiger partial charge in [-0.15, -0.1) is 0 Å². The van der Waals surface area contributed by atoms with Crippen LogP contribution in [0.15, 0.2) is 18.2 Å². The molecule has 1 aromatic carbocycles. The minimum absolute atomic E-state index is 0.0310. The fourth-order valence-corrected chi connectivity index (χ4v) is 1.46. The second-order valence-electron chi connectivity index (χ2n) is 4.05. The summed E-state index contributed by atoms with van der Waals surface area (Å²) in [5.41, 5.74) is 7.17. The van der Waals surface area contributed by atoms with Crippen molar-refractivity contribution in [3.8, 4) is 0 Å². The standard InChI is InChI=1S/C13H18N2O2/c1-3-4-5-12(16)15-11-8-10(13(14)17)7-6-9(11)2/h6-8H,3-5H2,1-2H3,(H2,14,17)(H,15,16). The molecule has 0 atom stereocenters. The highest BCUT2D eigenvalue weighted by molar-refractivity contribution is 5.96. The molecule has 4 heteroatoms. The van der Waals surface area contributed by atoms with Gasteiger partial charge in [0, 0.05) is 17.7 Å². The fraction of sp³-hybridized carbons (Fsp3) is 0.385. The van der Waals surface area contributed by atoms with E-state index in [1.54, 1.807) is 18.2 Å². The summed E-state index contributed by atoms with van der Waals surface area (Å²) in [5, 5.41) is 2.79. The average Bonchev–Trinajstić information content (AvgIpc) is 2.29. The van der Waals surface area contributed by atoms with Crippen molar-refractivity contribution < 1.29 is 9.59 Å². The largest absolute Gasteiger partial charge is 0.366 e. The second-order valence-corrected chi connectivity index (χ2v) is 4.05. The summed E-state index contributed by atoms with van der Waals surface area (Å²) < 4.78 is 0. The van der Waals surface area contributed by atoms with E-state index in [0.29, 0.717) is 17.7 Å². The number of hydrogen-bond acceptors (Lipinski definition) is 2. The summed E-state index contributed by atoms with van der Waals surface area (Å²) in [6.45, 7) is 3.91. The van der Waals surface area contributed by atoms with Crippen molar-refractivity contribution in [3.05, 3.63) is 29.3 Å². The van der Waals surface area contributed by atoms with Gasteiger partial charge in [-0.2, -0.15) is 0 Å². The van der Waals surface area contributed by atoms with Gasteiger partial charge in [0.05, 0.1) is 0 Å². The van der Waals surface area contributed by atoms with Crippen LogP contribution in [0.5, 0.6) is 0 Å². The molecule has 0 aromatic heterocycles. The van der Waals surface area contributed by atoms with Crippen LogP contribution in [0.3, 0.4) is 0 Å². The molecule has 0 unspecified atom stereocenters. The van der Waals surface area contributed by atoms with Crippen LogP contribution in [0.1, 0.15) is 42.1 Å². The SMILES string of the molecule is CCCCC(=O)Nc1cc(C(N)=O)ccc1C. The van der Waals surface area contributed by atoms with E-state index < -0.39 is 5.91 Å². The molecular formula is C13H18N2O2. The van der Waals surface area contributed by atoms with E-state index in [0.717, 1.165) is 18.4 Å². The van der Waals surface area contributed by atoms with Gasteiger partial charge in [0.2, 0.25) is 11.8 Å². The summed E-state index contributed by atoms with van der Waals surface area (Å²) >= 11 is 0. The molecule has 0 saturated carbocycles. The van der Waals surface area contributed by atoms with Crippen molar-refractivity contribution in [3.63, 3.8) is 0 Å². The Kier molecular flexibility index (Phi) is 4.69. The lowest BCUT2D eigenvalue weighted by Crippen LogP contribution is -2.15. The lowest BCUT2D eigenvalue weighted by molar-refractivity contribution is -0.116. The summed E-state index contributed by atoms with van der Waals surface area (Å²) in [7, 11) is 0. The Balaban J connectivity index is 2.79. The van der Waals surface area contributed by atoms with Gasteiger partial charge < -0.3 is 11.1 Å². The van der Waals surface area contributed by atoms with Crippen LogP contribution in [0, 0.1) is 6.92 Å². The van der Waals surface area contributed by atoms with E-state index in [2.05, 4.69) is 5.32 Å². The van der Waals surface area contributed by atoms with Crippen LogP contribution in [0.25, 0.3) is 0 Å². The number of benzene rings is 1. The van der Waals surface area contributed by atoms with Crippen molar-refractivity contribution in [1.29, 1.82) is 0 Å². The number of hydrogen-bond donors (Lipinski definition) is 2. The number of unbranched alkanes of at least 4 members (excludes halogenated alkanes) is 1. The predicted octanol–water partition coefficient (Wildman–Crippen LogP) is 2.22. The fourth-order valence-electron chi connectivity index (χ4n) is 1.46. The summed E-state index contributed by atoms with van der Waals surface area (Å²) in [6, 6.07) is 5.04. The van der Waals surface area contributed by atoms with E-state index in [9.17, 15) is 9.59 Å². The first kappa shape index (κ1) is 13.2. The Morgan fingerprint density at radius 3 is 2.65 bits per heavy atom. The number of carbonyl (C=O) groups excluding carboxylic acids is 2. The van der Waals surface area contributed by atoms with Gasteiger partial charge in [-0.3, -0.25) is 9.59 Å². The zero-order chi connectivity index (χ0) is 12.8. The van der Waals surface area contributed by atoms with E-state index in [-0.39, 0.29) is 5.91 Å². The third-order valence-electron chi connectivity index (χ3n) is 2.55. The normalized spacial score (nSPS) is 10.0. The highest BCUT2D eigenvalue weighted by atomic mass is 16.2. The molecule has 1 aromatic rings. The molecule has 1 rings (SSSR count). The van der Waals surface area contributed by atoms with Crippen molar-refractivity contribution in [2.45, 2.75) is 33.1 Å². The number of primary amides is 1. The molecule has 0 fully saturated rings. The molecule has 4 nitrogen and oxygen atoms in total. The second kappa shape index (κ2) is 6.03. The lowest BCUT2D eigenvalue weighted by atomic mass is 10.1. The van der Waals surface area contributed by atoms with Gasteiger partial charge in [0.1, 0.15) is 0 Å². The van der Waals surface area contributed by atoms with Crippen LogP contribution in [-0.4, -0.2) is 11.8 Å². The molecule has 3 N–H and O–H groups in total. The Hall–Kier alpha value is -1.84. The molecule has 0 bridgehead atoms. The van der Waals surface area contributed by atoms with Crippen LogP contribution in [-0.2, 0) is 4.79 Å². The van der Waals surface area contributed by atoms with Crippen molar-refractivity contribution in [2.24, 2.45) is 5.73 Å². The van der Waals surface area contributed by atoms with Crippen LogP contribution in [0.2, 0.25) is 0 Å². The van der Waals surface area contributed by atoms with Crippen LogP contribution < -0.4 is 11.1 Å². The molecule has 0 aliphatic carbocycles. The monoisotopic (exact) mass is 234 g/mol. The Morgan fingerprint density at radius 1 is 1.35 bits per heavy atom. The van der Waals surface area contributed by atoms with Gasteiger partial charge in [-0.05, 0) is 31.0 Å². The maximum atomic E-state index is 11.6. The number of carbonyl (C=O) groups is 2. The predicted molar refractivity (Wildman–Crippen MR) is 67.9 cm³/mol. The lowest BCUT2D eigenvalue weighted by Gasteiger charge is -2.09. The Morgan fingerprint density at radius 2 is 2.06 bits per heavy atom. The first-order chi connectivity index (χ1) is 8.04. The molecule has 92 valence electrons. The zero-order valence-corrected chi connectivity index (χ0v) is 10.2. The molecule has 0 aliphatic heterocycles. The molecule has 0 aliphatic rings. The van der Waals surface area contributed by atoms with Gasteiger partial charge in [0.15, 0.2) is 0 Å². The van der Waals surface area contributed by atoms with Crippen LogP contribution in [0.4, 0.5) is 5.69 Å². The highest BCUT2D eigenvalue weighted by Crippen LogP contribution is 2.17. The third kappa shape index (κ3) is 3.90. The molecule has 17 heavy (non-hydrogen) atoms. The summed E-state index contributed by atoms with van der Waals surface area (Å²) in [5.74, 6) is -0.523. The van der Waals surface area contributed by atoms with Gasteiger partial charge >= 0.3 is 0 Å². The first-order valence-corrected chi connectivity index (χ1v) is 5.75. The zero-order valence-electron chi connectivity index (χ0n) is 10.2. The molecule has 0 spiro atoms. The number of nitrogens with one attached hydrogen (secondary N) is 1. The van der Waals surface area contributed by atoms with Crippen molar-refractivity contribution in [2.75, 3.05) is 5.32 Å². The molecule has 2 amide bonds. The molecule has 0 radical (unpaired) electrons. The van der Waals surface area contributed by atoms with Crippen molar-refractivity contribution >= 4 is 17.5 Å². The minimum atomic E-state index is -0.492. The number of amides is 2. The van der Waals surface area contributed by atoms with Crippen molar-refractivity contribution in [1.82, 2.24) is 0 Å². The minimum Gasteiger partial charge on any atom is -0.366 e. The molecular weight excluding hydrogens is 216 g/mol. The number of rotatable bonds is 5. The third-order valence-corrected chi connectivity index (χ3v) is 2.55. The number of aryl methyl sites for hydroxylation is 1. The first-order valence-electron chi connectivity index (χ1n) is 5.75. The van der Waals surface area contributed by atoms with Gasteiger partial charge in [-0.25, -0.2) is 0 Å². The number of anilines is 1. The maximum absolute atomic E-state index is 11.6. The van der Waals surface area contributed by atoms with E-state index in [4.69, 9.17) is 5.73 Å². The van der Waals surface area contributed by atoms with E-state index in [1.165, 1.54) is 0 Å². The summed E-state index contributed by atoms with van der Waals surface area (Å²) in [6.07, 6.45) is 2.34. The highest BCUT2D eigenvalue weighted by Gasteiger charge is 2.07. The maximum Gasteiger partial charge on any atom is 0.248 e. The van der Waals surface area contributed by atoms with Gasteiger partial charge in [0.25, 0.3) is 0 Å². The number of nitrogens with two attached hydrogens (primary N) is 1. The Labute approximate surface area is 101 Å². The van der Waals surface area contributed by atoms with Crippen LogP contribution >= 0.6 is 0 Å². The molecule has 0 heterocycles. The summed E-state index contributed by atoms with van der Waals surface area (Å²) in [4.78, 5) is 22.6. The Bertz CT molecular complexity index is 427.